The lowest BCUT2D eigenvalue weighted by Gasteiger charge is -2.03. The number of halogens is 1. The van der Waals surface area contributed by atoms with Crippen LogP contribution in [0.25, 0.3) is 0 Å². The summed E-state index contributed by atoms with van der Waals surface area (Å²) in [4.78, 5) is 12.0. The molecule has 0 spiro atoms. The van der Waals surface area contributed by atoms with Crippen molar-refractivity contribution in [3.8, 4) is 0 Å². The molecule has 0 saturated carbocycles. The maximum absolute atomic E-state index is 13.1. The Hall–Kier alpha value is -2.96. The summed E-state index contributed by atoms with van der Waals surface area (Å²) >= 11 is 0. The van der Waals surface area contributed by atoms with Crippen molar-refractivity contribution in [2.24, 2.45) is 7.05 Å². The summed E-state index contributed by atoms with van der Waals surface area (Å²) in [6, 6.07) is 9.63. The van der Waals surface area contributed by atoms with Crippen LogP contribution in [0.4, 0.5) is 10.2 Å². The van der Waals surface area contributed by atoms with E-state index < -0.39 is 0 Å². The van der Waals surface area contributed by atoms with Crippen molar-refractivity contribution in [1.29, 1.82) is 0 Å². The van der Waals surface area contributed by atoms with E-state index in [0.717, 1.165) is 5.56 Å². The first kappa shape index (κ1) is 14.0. The third-order valence-corrected chi connectivity index (χ3v) is 3.17. The molecule has 1 amide bonds. The molecule has 1 N–H and O–H groups in total. The average Bonchev–Trinajstić information content (AvgIpc) is 3.08. The van der Waals surface area contributed by atoms with E-state index in [4.69, 9.17) is 0 Å². The van der Waals surface area contributed by atoms with Gasteiger partial charge in [0.15, 0.2) is 5.82 Å². The SMILES string of the molecule is Cn1nccc1C(=O)Nc1ccn(Cc2cccc(F)c2)n1. The van der Waals surface area contributed by atoms with E-state index in [1.165, 1.54) is 16.8 Å². The van der Waals surface area contributed by atoms with Gasteiger partial charge < -0.3 is 5.32 Å². The van der Waals surface area contributed by atoms with E-state index in [9.17, 15) is 9.18 Å². The lowest BCUT2D eigenvalue weighted by Crippen LogP contribution is -2.16. The van der Waals surface area contributed by atoms with Crippen LogP contribution in [0.3, 0.4) is 0 Å². The maximum Gasteiger partial charge on any atom is 0.275 e. The largest absolute Gasteiger partial charge is 0.304 e. The van der Waals surface area contributed by atoms with Gasteiger partial charge in [0.25, 0.3) is 5.91 Å². The molecule has 0 radical (unpaired) electrons. The fraction of sp³-hybridized carbons (Fsp3) is 0.133. The number of rotatable bonds is 4. The number of hydrogen-bond donors (Lipinski definition) is 1. The quantitative estimate of drug-likeness (QED) is 0.802. The van der Waals surface area contributed by atoms with E-state index in [1.54, 1.807) is 42.3 Å². The van der Waals surface area contributed by atoms with Gasteiger partial charge in [-0.3, -0.25) is 14.2 Å². The molecule has 0 fully saturated rings. The zero-order chi connectivity index (χ0) is 15.5. The number of carbonyl (C=O) groups excluding carboxylic acids is 1. The Morgan fingerprint density at radius 1 is 1.32 bits per heavy atom. The minimum absolute atomic E-state index is 0.281. The molecule has 22 heavy (non-hydrogen) atoms. The molecule has 2 heterocycles. The molecular weight excluding hydrogens is 285 g/mol. The van der Waals surface area contributed by atoms with Crippen LogP contribution in [0.5, 0.6) is 0 Å². The number of carbonyl (C=O) groups is 1. The van der Waals surface area contributed by atoms with Gasteiger partial charge in [-0.2, -0.15) is 10.2 Å². The lowest BCUT2D eigenvalue weighted by atomic mass is 10.2. The minimum atomic E-state index is -0.283. The molecule has 1 aromatic carbocycles. The van der Waals surface area contributed by atoms with Gasteiger partial charge in [0.1, 0.15) is 11.5 Å². The van der Waals surface area contributed by atoms with Crippen molar-refractivity contribution in [1.82, 2.24) is 19.6 Å². The third kappa shape index (κ3) is 3.03. The second-order valence-electron chi connectivity index (χ2n) is 4.82. The number of aryl methyl sites for hydroxylation is 1. The van der Waals surface area contributed by atoms with Gasteiger partial charge in [-0.1, -0.05) is 12.1 Å². The van der Waals surface area contributed by atoms with Crippen LogP contribution in [-0.4, -0.2) is 25.5 Å². The highest BCUT2D eigenvalue weighted by Gasteiger charge is 2.11. The molecule has 2 aromatic heterocycles. The van der Waals surface area contributed by atoms with Crippen LogP contribution in [0.2, 0.25) is 0 Å². The molecule has 7 heteroatoms. The minimum Gasteiger partial charge on any atom is -0.304 e. The Morgan fingerprint density at radius 2 is 2.18 bits per heavy atom. The second kappa shape index (κ2) is 5.80. The van der Waals surface area contributed by atoms with Crippen LogP contribution in [0.15, 0.2) is 48.8 Å². The van der Waals surface area contributed by atoms with Crippen molar-refractivity contribution < 1.29 is 9.18 Å². The Kier molecular flexibility index (Phi) is 3.69. The Labute approximate surface area is 126 Å². The molecule has 0 atom stereocenters. The summed E-state index contributed by atoms with van der Waals surface area (Å²) in [5.74, 6) is -0.131. The molecule has 3 aromatic rings. The van der Waals surface area contributed by atoms with Gasteiger partial charge in [0.2, 0.25) is 0 Å². The predicted molar refractivity (Wildman–Crippen MR) is 78.9 cm³/mol. The number of aromatic nitrogens is 4. The Balaban J connectivity index is 1.69. The first-order valence-corrected chi connectivity index (χ1v) is 6.69. The second-order valence-corrected chi connectivity index (χ2v) is 4.82. The van der Waals surface area contributed by atoms with Gasteiger partial charge in [-0.15, -0.1) is 0 Å². The van der Waals surface area contributed by atoms with Gasteiger partial charge in [-0.25, -0.2) is 4.39 Å². The fourth-order valence-corrected chi connectivity index (χ4v) is 2.12. The standard InChI is InChI=1S/C15H14FN5O/c1-20-13(5-7-17-20)15(22)18-14-6-8-21(19-14)10-11-3-2-4-12(16)9-11/h2-9H,10H2,1H3,(H,18,19,22). The van der Waals surface area contributed by atoms with Gasteiger partial charge >= 0.3 is 0 Å². The predicted octanol–water partition coefficient (Wildman–Crippen LogP) is 2.06. The number of anilines is 1. The van der Waals surface area contributed by atoms with Crippen LogP contribution in [0.1, 0.15) is 16.1 Å². The topological polar surface area (TPSA) is 64.7 Å². The highest BCUT2D eigenvalue weighted by atomic mass is 19.1. The van der Waals surface area contributed by atoms with Crippen molar-refractivity contribution in [2.75, 3.05) is 5.32 Å². The van der Waals surface area contributed by atoms with Crippen LogP contribution in [-0.2, 0) is 13.6 Å². The maximum atomic E-state index is 13.1. The molecule has 0 saturated heterocycles. The highest BCUT2D eigenvalue weighted by molar-refractivity contribution is 6.02. The number of nitrogens with one attached hydrogen (secondary N) is 1. The lowest BCUT2D eigenvalue weighted by molar-refractivity contribution is 0.101. The van der Waals surface area contributed by atoms with E-state index in [-0.39, 0.29) is 11.7 Å². The number of benzene rings is 1. The van der Waals surface area contributed by atoms with Crippen molar-refractivity contribution in [3.63, 3.8) is 0 Å². The summed E-state index contributed by atoms with van der Waals surface area (Å²) < 4.78 is 16.3. The molecule has 3 rings (SSSR count). The van der Waals surface area contributed by atoms with Crippen molar-refractivity contribution >= 4 is 11.7 Å². The Morgan fingerprint density at radius 3 is 2.91 bits per heavy atom. The zero-order valence-electron chi connectivity index (χ0n) is 11.9. The molecule has 0 aliphatic carbocycles. The number of amides is 1. The number of hydrogen-bond acceptors (Lipinski definition) is 3. The van der Waals surface area contributed by atoms with Gasteiger partial charge in [0.05, 0.1) is 6.54 Å². The summed E-state index contributed by atoms with van der Waals surface area (Å²) in [6.07, 6.45) is 3.28. The average molecular weight is 299 g/mol. The first-order valence-electron chi connectivity index (χ1n) is 6.69. The van der Waals surface area contributed by atoms with E-state index in [1.807, 2.05) is 6.07 Å². The Bertz CT molecular complexity index is 808. The summed E-state index contributed by atoms with van der Waals surface area (Å²) in [6.45, 7) is 0.430. The van der Waals surface area contributed by atoms with Crippen LogP contribution < -0.4 is 5.32 Å². The zero-order valence-corrected chi connectivity index (χ0v) is 11.9. The first-order chi connectivity index (χ1) is 10.6. The van der Waals surface area contributed by atoms with Crippen LogP contribution >= 0.6 is 0 Å². The van der Waals surface area contributed by atoms with E-state index in [2.05, 4.69) is 15.5 Å². The van der Waals surface area contributed by atoms with E-state index in [0.29, 0.717) is 18.1 Å². The summed E-state index contributed by atoms with van der Waals surface area (Å²) in [5, 5.41) is 10.9. The molecule has 0 aliphatic heterocycles. The monoisotopic (exact) mass is 299 g/mol. The summed E-state index contributed by atoms with van der Waals surface area (Å²) in [5.41, 5.74) is 1.24. The van der Waals surface area contributed by atoms with Crippen molar-refractivity contribution in [2.45, 2.75) is 6.54 Å². The molecular formula is C15H14FN5O. The summed E-state index contributed by atoms with van der Waals surface area (Å²) in [7, 11) is 1.69. The van der Waals surface area contributed by atoms with Gasteiger partial charge in [-0.05, 0) is 23.8 Å². The highest BCUT2D eigenvalue weighted by Crippen LogP contribution is 2.09. The van der Waals surface area contributed by atoms with E-state index >= 15 is 0 Å². The fourth-order valence-electron chi connectivity index (χ4n) is 2.12. The smallest absolute Gasteiger partial charge is 0.275 e. The molecule has 112 valence electrons. The third-order valence-electron chi connectivity index (χ3n) is 3.17. The molecule has 0 bridgehead atoms. The molecule has 0 unspecified atom stereocenters. The number of nitrogens with zero attached hydrogens (tertiary/aromatic N) is 4. The molecule has 0 aliphatic rings. The van der Waals surface area contributed by atoms with Crippen molar-refractivity contribution in [3.05, 3.63) is 65.9 Å². The molecule has 6 nitrogen and oxygen atoms in total. The van der Waals surface area contributed by atoms with Crippen LogP contribution in [0, 0.1) is 5.82 Å². The van der Waals surface area contributed by atoms with Gasteiger partial charge in [0, 0.05) is 25.5 Å². The normalized spacial score (nSPS) is 10.6.